The van der Waals surface area contributed by atoms with E-state index in [2.05, 4.69) is 9.97 Å². The standard InChI is InChI=1S/C19H18N2O2S/c1-11-10-14(23-3)16(12-8-9-20-17(11)12)19(2,22)18-21-13-6-4-5-7-15(13)24-18/h4-10,20,22H,1-3H3. The van der Waals surface area contributed by atoms with Crippen LogP contribution >= 0.6 is 11.3 Å². The van der Waals surface area contributed by atoms with Crippen molar-refractivity contribution < 1.29 is 9.84 Å². The molecule has 0 saturated heterocycles. The number of ether oxygens (including phenoxy) is 1. The van der Waals surface area contributed by atoms with E-state index in [9.17, 15) is 5.11 Å². The molecule has 0 spiro atoms. The Bertz CT molecular complexity index is 1010. The van der Waals surface area contributed by atoms with Crippen LogP contribution in [-0.4, -0.2) is 22.2 Å². The van der Waals surface area contributed by atoms with Gasteiger partial charge in [-0.05, 0) is 43.7 Å². The largest absolute Gasteiger partial charge is 0.496 e. The topological polar surface area (TPSA) is 58.1 Å². The van der Waals surface area contributed by atoms with Crippen molar-refractivity contribution in [3.63, 3.8) is 0 Å². The molecule has 122 valence electrons. The molecule has 4 aromatic rings. The summed E-state index contributed by atoms with van der Waals surface area (Å²) in [6, 6.07) is 11.8. The minimum absolute atomic E-state index is 0.661. The lowest BCUT2D eigenvalue weighted by atomic mass is 9.91. The van der Waals surface area contributed by atoms with E-state index >= 15 is 0 Å². The second kappa shape index (κ2) is 5.33. The van der Waals surface area contributed by atoms with Gasteiger partial charge in [-0.15, -0.1) is 11.3 Å². The molecule has 0 fully saturated rings. The number of nitrogens with zero attached hydrogens (tertiary/aromatic N) is 1. The fraction of sp³-hybridized carbons (Fsp3) is 0.211. The molecule has 0 radical (unpaired) electrons. The van der Waals surface area contributed by atoms with Gasteiger partial charge in [0.05, 0.1) is 17.3 Å². The number of hydrogen-bond acceptors (Lipinski definition) is 4. The van der Waals surface area contributed by atoms with Gasteiger partial charge in [0.25, 0.3) is 0 Å². The van der Waals surface area contributed by atoms with Gasteiger partial charge in [0.15, 0.2) is 0 Å². The third-order valence-electron chi connectivity index (χ3n) is 4.42. The minimum Gasteiger partial charge on any atom is -0.496 e. The highest BCUT2D eigenvalue weighted by Gasteiger charge is 2.35. The number of para-hydroxylation sites is 1. The third-order valence-corrected chi connectivity index (χ3v) is 5.67. The van der Waals surface area contributed by atoms with Gasteiger partial charge >= 0.3 is 0 Å². The zero-order valence-corrected chi connectivity index (χ0v) is 14.6. The molecule has 4 rings (SSSR count). The van der Waals surface area contributed by atoms with Crippen molar-refractivity contribution in [2.24, 2.45) is 0 Å². The molecule has 1 atom stereocenters. The number of hydrogen-bond donors (Lipinski definition) is 2. The molecule has 2 aromatic carbocycles. The van der Waals surface area contributed by atoms with E-state index in [1.807, 2.05) is 49.5 Å². The summed E-state index contributed by atoms with van der Waals surface area (Å²) in [6.07, 6.45) is 1.88. The molecule has 0 bridgehead atoms. The van der Waals surface area contributed by atoms with Crippen LogP contribution in [0.2, 0.25) is 0 Å². The Hall–Kier alpha value is -2.37. The maximum absolute atomic E-state index is 11.4. The lowest BCUT2D eigenvalue weighted by molar-refractivity contribution is 0.101. The van der Waals surface area contributed by atoms with Crippen LogP contribution in [0.25, 0.3) is 21.1 Å². The number of aryl methyl sites for hydroxylation is 1. The number of thiazole rings is 1. The first kappa shape index (κ1) is 15.2. The average molecular weight is 338 g/mol. The number of aromatic amines is 1. The first-order valence-corrected chi connectivity index (χ1v) is 8.57. The highest BCUT2D eigenvalue weighted by atomic mass is 32.1. The molecule has 0 aliphatic carbocycles. The molecule has 0 amide bonds. The Morgan fingerprint density at radius 2 is 2.04 bits per heavy atom. The molecule has 0 aliphatic rings. The molecule has 5 heteroatoms. The Kier molecular flexibility index (Phi) is 3.37. The zero-order chi connectivity index (χ0) is 16.9. The van der Waals surface area contributed by atoms with Crippen LogP contribution in [0.3, 0.4) is 0 Å². The predicted octanol–water partition coefficient (Wildman–Crippen LogP) is 4.35. The summed E-state index contributed by atoms with van der Waals surface area (Å²) in [6.45, 7) is 3.81. The number of rotatable bonds is 3. The number of nitrogens with one attached hydrogen (secondary N) is 1. The van der Waals surface area contributed by atoms with Crippen LogP contribution in [-0.2, 0) is 5.60 Å². The van der Waals surface area contributed by atoms with E-state index in [1.165, 1.54) is 11.3 Å². The number of aliphatic hydroxyl groups is 1. The number of fused-ring (bicyclic) bond motifs is 2. The summed E-state index contributed by atoms with van der Waals surface area (Å²) in [4.78, 5) is 7.90. The van der Waals surface area contributed by atoms with Crippen molar-refractivity contribution >= 4 is 32.5 Å². The van der Waals surface area contributed by atoms with Crippen LogP contribution in [0.5, 0.6) is 5.75 Å². The predicted molar refractivity (Wildman–Crippen MR) is 97.9 cm³/mol. The van der Waals surface area contributed by atoms with Gasteiger partial charge in [0.1, 0.15) is 16.4 Å². The van der Waals surface area contributed by atoms with Crippen LogP contribution in [0.1, 0.15) is 23.1 Å². The minimum atomic E-state index is -1.25. The van der Waals surface area contributed by atoms with Gasteiger partial charge in [-0.3, -0.25) is 0 Å². The Balaban J connectivity index is 2.01. The molecule has 0 aliphatic heterocycles. The van der Waals surface area contributed by atoms with Gasteiger partial charge < -0.3 is 14.8 Å². The van der Waals surface area contributed by atoms with Gasteiger partial charge in [0.2, 0.25) is 0 Å². The second-order valence-corrected chi connectivity index (χ2v) is 7.13. The lowest BCUT2D eigenvalue weighted by Gasteiger charge is -2.25. The summed E-state index contributed by atoms with van der Waals surface area (Å²) < 4.78 is 6.65. The van der Waals surface area contributed by atoms with Gasteiger partial charge in [-0.25, -0.2) is 4.98 Å². The van der Waals surface area contributed by atoms with E-state index in [0.717, 1.165) is 32.2 Å². The van der Waals surface area contributed by atoms with Crippen molar-refractivity contribution in [2.45, 2.75) is 19.4 Å². The number of benzene rings is 2. The van der Waals surface area contributed by atoms with E-state index in [0.29, 0.717) is 10.8 Å². The van der Waals surface area contributed by atoms with E-state index in [1.54, 1.807) is 14.0 Å². The van der Waals surface area contributed by atoms with Crippen LogP contribution in [0.4, 0.5) is 0 Å². The van der Waals surface area contributed by atoms with E-state index < -0.39 is 5.60 Å². The number of aromatic nitrogens is 2. The molecular weight excluding hydrogens is 320 g/mol. The molecule has 0 saturated carbocycles. The molecule has 2 heterocycles. The third kappa shape index (κ3) is 2.12. The average Bonchev–Trinajstić information content (AvgIpc) is 3.21. The number of methoxy groups -OCH3 is 1. The molecule has 1 unspecified atom stereocenters. The summed E-state index contributed by atoms with van der Waals surface area (Å²) >= 11 is 1.51. The Morgan fingerprint density at radius 3 is 2.79 bits per heavy atom. The maximum Gasteiger partial charge on any atom is 0.142 e. The van der Waals surface area contributed by atoms with E-state index in [-0.39, 0.29) is 0 Å². The van der Waals surface area contributed by atoms with Crippen LogP contribution in [0, 0.1) is 6.92 Å². The highest BCUT2D eigenvalue weighted by Crippen LogP contribution is 2.43. The summed E-state index contributed by atoms with van der Waals surface area (Å²) in [7, 11) is 1.63. The zero-order valence-electron chi connectivity index (χ0n) is 13.8. The van der Waals surface area contributed by atoms with Crippen molar-refractivity contribution in [1.29, 1.82) is 0 Å². The van der Waals surface area contributed by atoms with Crippen molar-refractivity contribution in [3.05, 3.63) is 58.7 Å². The molecule has 24 heavy (non-hydrogen) atoms. The molecule has 4 nitrogen and oxygen atoms in total. The van der Waals surface area contributed by atoms with Crippen molar-refractivity contribution in [1.82, 2.24) is 9.97 Å². The highest BCUT2D eigenvalue weighted by molar-refractivity contribution is 7.18. The summed E-state index contributed by atoms with van der Waals surface area (Å²) in [5.41, 5.74) is 2.48. The van der Waals surface area contributed by atoms with E-state index in [4.69, 9.17) is 4.74 Å². The monoisotopic (exact) mass is 338 g/mol. The molecule has 2 N–H and O–H groups in total. The molecular formula is C19H18N2O2S. The Morgan fingerprint density at radius 1 is 1.25 bits per heavy atom. The molecule has 2 aromatic heterocycles. The van der Waals surface area contributed by atoms with Crippen LogP contribution in [0.15, 0.2) is 42.6 Å². The van der Waals surface area contributed by atoms with Gasteiger partial charge in [-0.2, -0.15) is 0 Å². The fourth-order valence-electron chi connectivity index (χ4n) is 3.23. The second-order valence-electron chi connectivity index (χ2n) is 6.10. The van der Waals surface area contributed by atoms with Crippen molar-refractivity contribution in [3.8, 4) is 5.75 Å². The normalized spacial score (nSPS) is 14.2. The van der Waals surface area contributed by atoms with Gasteiger partial charge in [-0.1, -0.05) is 12.1 Å². The Labute approximate surface area is 143 Å². The number of H-pyrrole nitrogens is 1. The summed E-state index contributed by atoms with van der Waals surface area (Å²) in [5.74, 6) is 0.670. The first-order valence-electron chi connectivity index (χ1n) is 7.76. The quantitative estimate of drug-likeness (QED) is 0.584. The maximum atomic E-state index is 11.4. The van der Waals surface area contributed by atoms with Gasteiger partial charge in [0, 0.05) is 22.7 Å². The lowest BCUT2D eigenvalue weighted by Crippen LogP contribution is -2.24. The SMILES string of the molecule is COc1cc(C)c2[nH]ccc2c1C(C)(O)c1nc2ccccc2s1. The van der Waals surface area contributed by atoms with Crippen LogP contribution < -0.4 is 4.74 Å². The first-order chi connectivity index (χ1) is 11.5. The smallest absolute Gasteiger partial charge is 0.142 e. The van der Waals surface area contributed by atoms with Crippen molar-refractivity contribution in [2.75, 3.05) is 7.11 Å². The summed E-state index contributed by atoms with van der Waals surface area (Å²) in [5, 5.41) is 13.0. The fourth-order valence-corrected chi connectivity index (χ4v) is 4.25.